The van der Waals surface area contributed by atoms with E-state index in [9.17, 15) is 14.7 Å². The van der Waals surface area contributed by atoms with Gasteiger partial charge in [0.05, 0.1) is 21.3 Å². The van der Waals surface area contributed by atoms with E-state index in [1.165, 1.54) is 21.3 Å². The van der Waals surface area contributed by atoms with Gasteiger partial charge >= 0.3 is 12.1 Å². The van der Waals surface area contributed by atoms with Crippen LogP contribution in [-0.2, 0) is 16.0 Å². The fourth-order valence-corrected chi connectivity index (χ4v) is 2.14. The number of rotatable bonds is 7. The lowest BCUT2D eigenvalue weighted by atomic mass is 10.0. The normalized spacial score (nSPS) is 12.1. The zero-order chi connectivity index (χ0) is 19.2. The van der Waals surface area contributed by atoms with Gasteiger partial charge in [0.15, 0.2) is 11.5 Å². The summed E-state index contributed by atoms with van der Waals surface area (Å²) in [4.78, 5) is 23.3. The number of carbonyl (C=O) groups is 2. The quantitative estimate of drug-likeness (QED) is 0.773. The van der Waals surface area contributed by atoms with E-state index in [4.69, 9.17) is 18.9 Å². The van der Waals surface area contributed by atoms with Crippen LogP contribution in [0.25, 0.3) is 0 Å². The lowest BCUT2D eigenvalue weighted by molar-refractivity contribution is -0.139. The molecule has 0 aliphatic rings. The van der Waals surface area contributed by atoms with Gasteiger partial charge in [-0.2, -0.15) is 0 Å². The van der Waals surface area contributed by atoms with Crippen LogP contribution in [0.1, 0.15) is 26.3 Å². The zero-order valence-electron chi connectivity index (χ0n) is 15.3. The van der Waals surface area contributed by atoms with Crippen molar-refractivity contribution in [1.29, 1.82) is 0 Å². The third kappa shape index (κ3) is 6.06. The molecular weight excluding hydrogens is 330 g/mol. The van der Waals surface area contributed by atoms with Crippen molar-refractivity contribution in [3.8, 4) is 17.2 Å². The van der Waals surface area contributed by atoms with Gasteiger partial charge in [-0.25, -0.2) is 9.59 Å². The molecule has 0 heterocycles. The molecule has 1 aromatic rings. The molecule has 1 aromatic carbocycles. The molecule has 140 valence electrons. The highest BCUT2D eigenvalue weighted by Crippen LogP contribution is 2.38. The summed E-state index contributed by atoms with van der Waals surface area (Å²) >= 11 is 0. The highest BCUT2D eigenvalue weighted by Gasteiger charge is 2.25. The van der Waals surface area contributed by atoms with E-state index in [-0.39, 0.29) is 6.42 Å². The predicted octanol–water partition coefficient (Wildman–Crippen LogP) is 2.23. The minimum absolute atomic E-state index is 0.0191. The van der Waals surface area contributed by atoms with Crippen molar-refractivity contribution >= 4 is 12.1 Å². The van der Waals surface area contributed by atoms with Crippen LogP contribution in [0.2, 0.25) is 0 Å². The molecule has 25 heavy (non-hydrogen) atoms. The van der Waals surface area contributed by atoms with E-state index in [1.807, 2.05) is 0 Å². The van der Waals surface area contributed by atoms with Crippen LogP contribution >= 0.6 is 0 Å². The minimum atomic E-state index is -1.18. The lowest BCUT2D eigenvalue weighted by Gasteiger charge is -2.22. The largest absolute Gasteiger partial charge is 0.493 e. The predicted molar refractivity (Wildman–Crippen MR) is 90.6 cm³/mol. The summed E-state index contributed by atoms with van der Waals surface area (Å²) in [5.41, 5.74) is -0.127. The maximum Gasteiger partial charge on any atom is 0.408 e. The van der Waals surface area contributed by atoms with Crippen molar-refractivity contribution in [2.75, 3.05) is 21.3 Å². The molecule has 1 rings (SSSR count). The summed E-state index contributed by atoms with van der Waals surface area (Å²) in [7, 11) is 4.41. The first-order valence-corrected chi connectivity index (χ1v) is 7.62. The van der Waals surface area contributed by atoms with E-state index in [1.54, 1.807) is 32.9 Å². The number of nitrogens with one attached hydrogen (secondary N) is 1. The van der Waals surface area contributed by atoms with Gasteiger partial charge in [-0.05, 0) is 38.5 Å². The Labute approximate surface area is 147 Å². The van der Waals surface area contributed by atoms with E-state index in [2.05, 4.69) is 5.32 Å². The summed E-state index contributed by atoms with van der Waals surface area (Å²) in [6.07, 6.45) is -0.780. The molecule has 1 atom stereocenters. The number of ether oxygens (including phenoxy) is 4. The minimum Gasteiger partial charge on any atom is -0.493 e. The number of carboxylic acids is 1. The lowest BCUT2D eigenvalue weighted by Crippen LogP contribution is -2.44. The van der Waals surface area contributed by atoms with Crippen molar-refractivity contribution in [2.24, 2.45) is 0 Å². The third-order valence-electron chi connectivity index (χ3n) is 3.15. The number of hydrogen-bond acceptors (Lipinski definition) is 6. The molecule has 0 bridgehead atoms. The second-order valence-electron chi connectivity index (χ2n) is 6.27. The number of amides is 1. The van der Waals surface area contributed by atoms with Crippen LogP contribution in [0.5, 0.6) is 17.2 Å². The Bertz CT molecular complexity index is 597. The Morgan fingerprint density at radius 2 is 1.60 bits per heavy atom. The van der Waals surface area contributed by atoms with Gasteiger partial charge in [-0.1, -0.05) is 0 Å². The fourth-order valence-electron chi connectivity index (χ4n) is 2.14. The van der Waals surface area contributed by atoms with Crippen molar-refractivity contribution in [3.05, 3.63) is 17.7 Å². The van der Waals surface area contributed by atoms with Crippen molar-refractivity contribution in [1.82, 2.24) is 5.32 Å². The average molecular weight is 355 g/mol. The van der Waals surface area contributed by atoms with E-state index in [0.29, 0.717) is 22.8 Å². The fraction of sp³-hybridized carbons (Fsp3) is 0.529. The maximum absolute atomic E-state index is 11.8. The van der Waals surface area contributed by atoms with Crippen LogP contribution < -0.4 is 19.5 Å². The molecule has 0 aromatic heterocycles. The van der Waals surface area contributed by atoms with Gasteiger partial charge in [0.25, 0.3) is 0 Å². The van der Waals surface area contributed by atoms with Gasteiger partial charge in [0.2, 0.25) is 5.75 Å². The number of methoxy groups -OCH3 is 3. The van der Waals surface area contributed by atoms with E-state index in [0.717, 1.165) is 0 Å². The van der Waals surface area contributed by atoms with Crippen LogP contribution in [0.3, 0.4) is 0 Å². The molecule has 0 aliphatic heterocycles. The SMILES string of the molecule is COc1cc(C[C@@H](NC(=O)OC(C)(C)C)C(=O)O)cc(OC)c1OC. The highest BCUT2D eigenvalue weighted by atomic mass is 16.6. The van der Waals surface area contributed by atoms with Crippen molar-refractivity contribution in [3.63, 3.8) is 0 Å². The van der Waals surface area contributed by atoms with Gasteiger partial charge in [0.1, 0.15) is 11.6 Å². The first-order chi connectivity index (χ1) is 11.6. The summed E-state index contributed by atoms with van der Waals surface area (Å²) in [6.45, 7) is 5.09. The molecule has 0 spiro atoms. The molecule has 8 nitrogen and oxygen atoms in total. The first kappa shape index (κ1) is 20.4. The number of carboxylic acid groups (broad SMARTS) is 1. The van der Waals surface area contributed by atoms with Crippen molar-refractivity contribution < 1.29 is 33.6 Å². The molecule has 0 saturated heterocycles. The first-order valence-electron chi connectivity index (χ1n) is 7.62. The van der Waals surface area contributed by atoms with Crippen LogP contribution in [0.15, 0.2) is 12.1 Å². The van der Waals surface area contributed by atoms with Gasteiger partial charge in [-0.3, -0.25) is 0 Å². The topological polar surface area (TPSA) is 103 Å². The van der Waals surface area contributed by atoms with Gasteiger partial charge in [-0.15, -0.1) is 0 Å². The second kappa shape index (κ2) is 8.46. The van der Waals surface area contributed by atoms with Crippen LogP contribution in [-0.4, -0.2) is 50.1 Å². The molecule has 0 aliphatic carbocycles. The maximum atomic E-state index is 11.8. The molecule has 0 radical (unpaired) electrons. The smallest absolute Gasteiger partial charge is 0.408 e. The molecule has 0 saturated carbocycles. The molecule has 0 fully saturated rings. The number of alkyl carbamates (subject to hydrolysis) is 1. The summed E-state index contributed by atoms with van der Waals surface area (Å²) in [5, 5.41) is 11.7. The Hall–Kier alpha value is -2.64. The Morgan fingerprint density at radius 1 is 1.08 bits per heavy atom. The highest BCUT2D eigenvalue weighted by molar-refractivity contribution is 5.80. The Balaban J connectivity index is 3.02. The molecular formula is C17H25NO7. The van der Waals surface area contributed by atoms with Crippen LogP contribution in [0, 0.1) is 0 Å². The Kier molecular flexibility index (Phi) is 6.90. The number of aliphatic carboxylic acids is 1. The monoisotopic (exact) mass is 355 g/mol. The summed E-state index contributed by atoms with van der Waals surface area (Å²) in [5.74, 6) is 0.0249. The standard InChI is InChI=1S/C17H25NO7/c1-17(2,3)25-16(21)18-11(15(19)20)7-10-8-12(22-4)14(24-6)13(9-10)23-5/h8-9,11H,7H2,1-6H3,(H,18,21)(H,19,20)/t11-/m1/s1. The molecule has 0 unspecified atom stereocenters. The number of hydrogen-bond donors (Lipinski definition) is 2. The summed E-state index contributed by atoms with van der Waals surface area (Å²) < 4.78 is 20.8. The van der Waals surface area contributed by atoms with E-state index < -0.39 is 23.7 Å². The van der Waals surface area contributed by atoms with Gasteiger partial charge < -0.3 is 29.4 Å². The average Bonchev–Trinajstić information content (AvgIpc) is 2.51. The number of carbonyl (C=O) groups excluding carboxylic acids is 1. The Morgan fingerprint density at radius 3 is 1.96 bits per heavy atom. The molecule has 1 amide bonds. The molecule has 2 N–H and O–H groups in total. The van der Waals surface area contributed by atoms with Gasteiger partial charge in [0, 0.05) is 6.42 Å². The van der Waals surface area contributed by atoms with E-state index >= 15 is 0 Å². The second-order valence-corrected chi connectivity index (χ2v) is 6.27. The zero-order valence-corrected chi connectivity index (χ0v) is 15.3. The third-order valence-corrected chi connectivity index (χ3v) is 3.15. The molecule has 8 heteroatoms. The van der Waals surface area contributed by atoms with Crippen LogP contribution in [0.4, 0.5) is 4.79 Å². The number of benzene rings is 1. The summed E-state index contributed by atoms with van der Waals surface area (Å²) in [6, 6.07) is 2.10. The van der Waals surface area contributed by atoms with Crippen molar-refractivity contribution in [2.45, 2.75) is 38.8 Å².